The first-order valence-corrected chi connectivity index (χ1v) is 9.24. The summed E-state index contributed by atoms with van der Waals surface area (Å²) in [4.78, 5) is 17.8. The van der Waals surface area contributed by atoms with Crippen molar-refractivity contribution in [2.75, 3.05) is 26.2 Å². The average Bonchev–Trinajstić information content (AvgIpc) is 2.76. The van der Waals surface area contributed by atoms with Gasteiger partial charge in [0.2, 0.25) is 0 Å². The Labute approximate surface area is 144 Å². The maximum atomic E-state index is 13.1. The third-order valence-electron chi connectivity index (χ3n) is 5.76. The minimum absolute atomic E-state index is 0.202. The molecule has 1 aromatic heterocycles. The van der Waals surface area contributed by atoms with Crippen LogP contribution in [0.25, 0.3) is 10.9 Å². The molecule has 128 valence electrons. The van der Waals surface area contributed by atoms with Crippen LogP contribution < -0.4 is 0 Å². The molecule has 1 amide bonds. The quantitative estimate of drug-likeness (QED) is 0.867. The Bertz CT molecular complexity index is 750. The first-order valence-electron chi connectivity index (χ1n) is 9.24. The number of nitrogens with zero attached hydrogens (tertiary/aromatic N) is 3. The van der Waals surface area contributed by atoms with Gasteiger partial charge in [-0.15, -0.1) is 0 Å². The minimum atomic E-state index is 0.202. The lowest BCUT2D eigenvalue weighted by atomic mass is 9.95. The van der Waals surface area contributed by atoms with Crippen LogP contribution >= 0.6 is 0 Å². The number of rotatable bonds is 3. The van der Waals surface area contributed by atoms with Crippen LogP contribution in [0.1, 0.15) is 36.5 Å². The van der Waals surface area contributed by atoms with Gasteiger partial charge in [0, 0.05) is 50.0 Å². The first kappa shape index (κ1) is 15.7. The van der Waals surface area contributed by atoms with Crippen LogP contribution in [0, 0.1) is 5.92 Å². The number of carbonyl (C=O) groups excluding carboxylic acids is 1. The summed E-state index contributed by atoms with van der Waals surface area (Å²) in [5.41, 5.74) is 1.96. The molecular weight excluding hydrogens is 298 g/mol. The molecule has 0 radical (unpaired) electrons. The fourth-order valence-electron chi connectivity index (χ4n) is 4.48. The van der Waals surface area contributed by atoms with Gasteiger partial charge in [0.15, 0.2) is 0 Å². The molecule has 3 aliphatic rings. The van der Waals surface area contributed by atoms with E-state index < -0.39 is 0 Å². The smallest absolute Gasteiger partial charge is 0.253 e. The number of carbonyl (C=O) groups is 1. The Morgan fingerprint density at radius 1 is 1.17 bits per heavy atom. The SMILES string of the molecule is CCCN1C[C@H]2CC[C@@H]1CN(C(=O)c1ccc3ccn(C)c3c1)C2. The topological polar surface area (TPSA) is 28.5 Å². The molecule has 2 aromatic rings. The number of fused-ring (bicyclic) bond motifs is 5. The summed E-state index contributed by atoms with van der Waals surface area (Å²) < 4.78 is 2.08. The van der Waals surface area contributed by atoms with Crippen molar-refractivity contribution in [2.24, 2.45) is 13.0 Å². The van der Waals surface area contributed by atoms with Gasteiger partial charge in [-0.25, -0.2) is 0 Å². The van der Waals surface area contributed by atoms with Gasteiger partial charge < -0.3 is 9.47 Å². The summed E-state index contributed by atoms with van der Waals surface area (Å²) >= 11 is 0. The van der Waals surface area contributed by atoms with Crippen molar-refractivity contribution in [3.8, 4) is 0 Å². The monoisotopic (exact) mass is 325 g/mol. The molecule has 4 nitrogen and oxygen atoms in total. The van der Waals surface area contributed by atoms with Gasteiger partial charge in [-0.2, -0.15) is 0 Å². The second-order valence-corrected chi connectivity index (χ2v) is 7.50. The third-order valence-corrected chi connectivity index (χ3v) is 5.76. The number of hydrogen-bond donors (Lipinski definition) is 0. The summed E-state index contributed by atoms with van der Waals surface area (Å²) in [6, 6.07) is 8.75. The van der Waals surface area contributed by atoms with Crippen LogP contribution in [0.5, 0.6) is 0 Å². The Morgan fingerprint density at radius 2 is 2.04 bits per heavy atom. The molecule has 24 heavy (non-hydrogen) atoms. The maximum Gasteiger partial charge on any atom is 0.253 e. The zero-order valence-corrected chi connectivity index (χ0v) is 14.7. The number of amides is 1. The molecule has 0 unspecified atom stereocenters. The van der Waals surface area contributed by atoms with Crippen LogP contribution in [0.4, 0.5) is 0 Å². The van der Waals surface area contributed by atoms with Gasteiger partial charge >= 0.3 is 0 Å². The van der Waals surface area contributed by atoms with Crippen molar-refractivity contribution >= 4 is 16.8 Å². The van der Waals surface area contributed by atoms with E-state index in [0.717, 1.165) is 24.2 Å². The Balaban J connectivity index is 1.58. The van der Waals surface area contributed by atoms with Gasteiger partial charge in [-0.3, -0.25) is 9.69 Å². The fraction of sp³-hybridized carbons (Fsp3) is 0.550. The zero-order chi connectivity index (χ0) is 16.7. The van der Waals surface area contributed by atoms with Gasteiger partial charge in [0.1, 0.15) is 0 Å². The van der Waals surface area contributed by atoms with E-state index in [4.69, 9.17) is 0 Å². The molecule has 3 aliphatic heterocycles. The normalized spacial score (nSPS) is 24.5. The Morgan fingerprint density at radius 3 is 2.88 bits per heavy atom. The highest BCUT2D eigenvalue weighted by molar-refractivity contribution is 5.98. The lowest BCUT2D eigenvalue weighted by Gasteiger charge is -2.35. The molecule has 1 aromatic carbocycles. The van der Waals surface area contributed by atoms with Crippen molar-refractivity contribution in [3.05, 3.63) is 36.0 Å². The van der Waals surface area contributed by atoms with Gasteiger partial charge in [-0.1, -0.05) is 13.0 Å². The number of aryl methyl sites for hydroxylation is 1. The fourth-order valence-corrected chi connectivity index (χ4v) is 4.48. The van der Waals surface area contributed by atoms with E-state index in [1.54, 1.807) is 0 Å². The lowest BCUT2D eigenvalue weighted by Crippen LogP contribution is -2.44. The molecule has 0 saturated carbocycles. The van der Waals surface area contributed by atoms with Crippen molar-refractivity contribution in [3.63, 3.8) is 0 Å². The number of piperidine rings is 1. The van der Waals surface area contributed by atoms with Crippen LogP contribution in [0.15, 0.2) is 30.5 Å². The number of aromatic nitrogens is 1. The molecule has 0 aliphatic carbocycles. The predicted molar refractivity (Wildman–Crippen MR) is 97.2 cm³/mol. The van der Waals surface area contributed by atoms with E-state index in [0.29, 0.717) is 12.0 Å². The highest BCUT2D eigenvalue weighted by atomic mass is 16.2. The first-order chi connectivity index (χ1) is 11.7. The highest BCUT2D eigenvalue weighted by Crippen LogP contribution is 2.29. The Kier molecular flexibility index (Phi) is 4.09. The zero-order valence-electron chi connectivity index (χ0n) is 14.7. The predicted octanol–water partition coefficient (Wildman–Crippen LogP) is 3.12. The minimum Gasteiger partial charge on any atom is -0.351 e. The van der Waals surface area contributed by atoms with Gasteiger partial charge in [0.05, 0.1) is 0 Å². The largest absolute Gasteiger partial charge is 0.351 e. The second-order valence-electron chi connectivity index (χ2n) is 7.50. The third kappa shape index (κ3) is 2.73. The summed E-state index contributed by atoms with van der Waals surface area (Å²) in [5.74, 6) is 0.839. The summed E-state index contributed by atoms with van der Waals surface area (Å²) in [6.07, 6.45) is 5.76. The molecule has 2 atom stereocenters. The number of hydrogen-bond acceptors (Lipinski definition) is 2. The molecule has 0 spiro atoms. The molecule has 3 saturated heterocycles. The molecular formula is C20H27N3O. The molecule has 2 bridgehead atoms. The average molecular weight is 325 g/mol. The van der Waals surface area contributed by atoms with Crippen molar-refractivity contribution in [1.82, 2.24) is 14.4 Å². The molecule has 4 heterocycles. The van der Waals surface area contributed by atoms with Crippen molar-refractivity contribution < 1.29 is 4.79 Å². The van der Waals surface area contributed by atoms with Crippen LogP contribution in [-0.2, 0) is 7.05 Å². The van der Waals surface area contributed by atoms with E-state index in [1.165, 1.54) is 37.7 Å². The Hall–Kier alpha value is -1.81. The van der Waals surface area contributed by atoms with E-state index in [1.807, 2.05) is 25.4 Å². The van der Waals surface area contributed by atoms with Crippen molar-refractivity contribution in [1.29, 1.82) is 0 Å². The summed E-state index contributed by atoms with van der Waals surface area (Å²) in [5, 5.41) is 1.19. The van der Waals surface area contributed by atoms with Gasteiger partial charge in [-0.05, 0) is 55.3 Å². The molecule has 3 fully saturated rings. The lowest BCUT2D eigenvalue weighted by molar-refractivity contribution is 0.0738. The van der Waals surface area contributed by atoms with Crippen molar-refractivity contribution in [2.45, 2.75) is 32.2 Å². The summed E-state index contributed by atoms with van der Waals surface area (Å²) in [7, 11) is 2.03. The molecule has 5 rings (SSSR count). The van der Waals surface area contributed by atoms with E-state index >= 15 is 0 Å². The second kappa shape index (κ2) is 6.25. The maximum absolute atomic E-state index is 13.1. The standard InChI is InChI=1S/C20H27N3O/c1-3-9-22-12-15-4-7-18(22)14-23(13-15)20(24)17-6-5-16-8-10-21(2)19(16)11-17/h5-6,8,10-11,15,18H,3-4,7,9,12-14H2,1-2H3/t15-,18-/m1/s1. The van der Waals surface area contributed by atoms with Gasteiger partial charge in [0.25, 0.3) is 5.91 Å². The molecule has 0 N–H and O–H groups in total. The number of benzene rings is 1. The highest BCUT2D eigenvalue weighted by Gasteiger charge is 2.36. The van der Waals surface area contributed by atoms with E-state index in [-0.39, 0.29) is 5.91 Å². The van der Waals surface area contributed by atoms with E-state index in [2.05, 4.69) is 33.4 Å². The van der Waals surface area contributed by atoms with Crippen LogP contribution in [0.3, 0.4) is 0 Å². The molecule has 4 heteroatoms. The van der Waals surface area contributed by atoms with Crippen LogP contribution in [0.2, 0.25) is 0 Å². The van der Waals surface area contributed by atoms with Crippen LogP contribution in [-0.4, -0.2) is 52.5 Å². The van der Waals surface area contributed by atoms with E-state index in [9.17, 15) is 4.79 Å². The summed E-state index contributed by atoms with van der Waals surface area (Å²) in [6.45, 7) is 6.38.